The number of benzene rings is 1. The van der Waals surface area contributed by atoms with E-state index in [9.17, 15) is 4.79 Å². The summed E-state index contributed by atoms with van der Waals surface area (Å²) in [6.45, 7) is 1.96. The molecule has 1 unspecified atom stereocenters. The summed E-state index contributed by atoms with van der Waals surface area (Å²) in [5.74, 6) is 1.33. The molecule has 5 heteroatoms. The van der Waals surface area contributed by atoms with E-state index >= 15 is 0 Å². The Morgan fingerprint density at radius 1 is 1.43 bits per heavy atom. The highest BCUT2D eigenvalue weighted by Gasteiger charge is 2.14. The van der Waals surface area contributed by atoms with Crippen LogP contribution in [0.15, 0.2) is 41.0 Å². The molecule has 0 saturated heterocycles. The number of rotatable bonds is 6. The molecular formula is C16H20N2O3. The highest BCUT2D eigenvalue weighted by atomic mass is 16.5. The first kappa shape index (κ1) is 15.0. The zero-order valence-electron chi connectivity index (χ0n) is 12.3. The SMILES string of the molecule is COc1ccc(N)c(C(=O)NC(C)CCc2ccco2)c1. The number of carbonyl (C=O) groups excluding carboxylic acids is 1. The van der Waals surface area contributed by atoms with Crippen LogP contribution in [-0.2, 0) is 6.42 Å². The molecule has 1 aromatic heterocycles. The van der Waals surface area contributed by atoms with Gasteiger partial charge in [-0.2, -0.15) is 0 Å². The molecule has 0 bridgehead atoms. The molecule has 3 N–H and O–H groups in total. The third-order valence-electron chi connectivity index (χ3n) is 3.29. The van der Waals surface area contributed by atoms with Gasteiger partial charge in [0, 0.05) is 18.2 Å². The van der Waals surface area contributed by atoms with Crippen molar-refractivity contribution in [3.05, 3.63) is 47.9 Å². The molecule has 0 aliphatic rings. The van der Waals surface area contributed by atoms with E-state index in [0.29, 0.717) is 17.0 Å². The Labute approximate surface area is 124 Å². The van der Waals surface area contributed by atoms with Crippen LogP contribution in [0.4, 0.5) is 5.69 Å². The van der Waals surface area contributed by atoms with Crippen molar-refractivity contribution in [1.82, 2.24) is 5.32 Å². The quantitative estimate of drug-likeness (QED) is 0.801. The summed E-state index contributed by atoms with van der Waals surface area (Å²) in [5.41, 5.74) is 6.71. The summed E-state index contributed by atoms with van der Waals surface area (Å²) in [4.78, 5) is 12.2. The standard InChI is InChI=1S/C16H20N2O3/c1-11(5-6-12-4-3-9-21-12)18-16(19)14-10-13(20-2)7-8-15(14)17/h3-4,7-11H,5-6,17H2,1-2H3,(H,18,19). The smallest absolute Gasteiger partial charge is 0.253 e. The molecule has 1 amide bonds. The molecule has 0 saturated carbocycles. The van der Waals surface area contributed by atoms with E-state index in [1.165, 1.54) is 0 Å². The van der Waals surface area contributed by atoms with Crippen LogP contribution >= 0.6 is 0 Å². The Hall–Kier alpha value is -2.43. The molecular weight excluding hydrogens is 268 g/mol. The maximum Gasteiger partial charge on any atom is 0.253 e. The van der Waals surface area contributed by atoms with Gasteiger partial charge in [0.15, 0.2) is 0 Å². The van der Waals surface area contributed by atoms with Gasteiger partial charge >= 0.3 is 0 Å². The van der Waals surface area contributed by atoms with Crippen LogP contribution < -0.4 is 15.8 Å². The van der Waals surface area contributed by atoms with Gasteiger partial charge in [0.2, 0.25) is 0 Å². The zero-order chi connectivity index (χ0) is 15.2. The molecule has 21 heavy (non-hydrogen) atoms. The normalized spacial score (nSPS) is 11.9. The van der Waals surface area contributed by atoms with Crippen LogP contribution in [0.25, 0.3) is 0 Å². The molecule has 2 rings (SSSR count). The highest BCUT2D eigenvalue weighted by molar-refractivity contribution is 5.99. The summed E-state index contributed by atoms with van der Waals surface area (Å²) < 4.78 is 10.4. The maximum absolute atomic E-state index is 12.2. The fourth-order valence-corrected chi connectivity index (χ4v) is 2.05. The van der Waals surface area contributed by atoms with E-state index < -0.39 is 0 Å². The van der Waals surface area contributed by atoms with E-state index in [4.69, 9.17) is 14.9 Å². The number of nitrogen functional groups attached to an aromatic ring is 1. The van der Waals surface area contributed by atoms with E-state index in [1.807, 2.05) is 19.1 Å². The summed E-state index contributed by atoms with van der Waals surface area (Å²) in [6, 6.07) is 8.84. The van der Waals surface area contributed by atoms with Crippen molar-refractivity contribution < 1.29 is 13.9 Å². The van der Waals surface area contributed by atoms with Gasteiger partial charge in [-0.3, -0.25) is 4.79 Å². The van der Waals surface area contributed by atoms with Crippen LogP contribution in [0.3, 0.4) is 0 Å². The second-order valence-electron chi connectivity index (χ2n) is 4.95. The Morgan fingerprint density at radius 3 is 2.90 bits per heavy atom. The number of hydrogen-bond acceptors (Lipinski definition) is 4. The minimum absolute atomic E-state index is 0.0215. The van der Waals surface area contributed by atoms with Crippen molar-refractivity contribution in [2.75, 3.05) is 12.8 Å². The molecule has 1 aromatic carbocycles. The number of hydrogen-bond donors (Lipinski definition) is 2. The monoisotopic (exact) mass is 288 g/mol. The maximum atomic E-state index is 12.2. The lowest BCUT2D eigenvalue weighted by Gasteiger charge is -2.14. The molecule has 1 atom stereocenters. The zero-order valence-corrected chi connectivity index (χ0v) is 12.3. The first-order chi connectivity index (χ1) is 10.1. The lowest BCUT2D eigenvalue weighted by atomic mass is 10.1. The topological polar surface area (TPSA) is 77.5 Å². The van der Waals surface area contributed by atoms with Crippen LogP contribution in [0.2, 0.25) is 0 Å². The second-order valence-corrected chi connectivity index (χ2v) is 4.95. The Morgan fingerprint density at radius 2 is 2.24 bits per heavy atom. The average Bonchev–Trinajstić information content (AvgIpc) is 2.99. The number of anilines is 1. The molecule has 0 aliphatic heterocycles. The summed E-state index contributed by atoms with van der Waals surface area (Å²) in [7, 11) is 1.55. The molecule has 1 heterocycles. The molecule has 0 fully saturated rings. The van der Waals surface area contributed by atoms with Gasteiger partial charge in [0.25, 0.3) is 5.91 Å². The number of nitrogens with two attached hydrogens (primary N) is 1. The largest absolute Gasteiger partial charge is 0.497 e. The Balaban J connectivity index is 1.94. The average molecular weight is 288 g/mol. The summed E-state index contributed by atoms with van der Waals surface area (Å²) in [5, 5.41) is 2.93. The lowest BCUT2D eigenvalue weighted by molar-refractivity contribution is 0.0938. The van der Waals surface area contributed by atoms with Gasteiger partial charge in [0.05, 0.1) is 18.9 Å². The highest BCUT2D eigenvalue weighted by Crippen LogP contribution is 2.19. The summed E-state index contributed by atoms with van der Waals surface area (Å²) in [6.07, 6.45) is 3.22. The van der Waals surface area contributed by atoms with E-state index in [-0.39, 0.29) is 11.9 Å². The van der Waals surface area contributed by atoms with Gasteiger partial charge in [-0.25, -0.2) is 0 Å². The molecule has 112 valence electrons. The third-order valence-corrected chi connectivity index (χ3v) is 3.29. The number of methoxy groups -OCH3 is 1. The van der Waals surface area contributed by atoms with Gasteiger partial charge in [-0.1, -0.05) is 0 Å². The number of furan rings is 1. The van der Waals surface area contributed by atoms with Gasteiger partial charge in [-0.05, 0) is 43.7 Å². The van der Waals surface area contributed by atoms with Crippen molar-refractivity contribution in [1.29, 1.82) is 0 Å². The molecule has 5 nitrogen and oxygen atoms in total. The number of amides is 1. The number of ether oxygens (including phenoxy) is 1. The second kappa shape index (κ2) is 6.83. The van der Waals surface area contributed by atoms with Crippen LogP contribution in [0.5, 0.6) is 5.75 Å². The minimum Gasteiger partial charge on any atom is -0.497 e. The van der Waals surface area contributed by atoms with Crippen LogP contribution in [0, 0.1) is 0 Å². The van der Waals surface area contributed by atoms with Gasteiger partial charge in [-0.15, -0.1) is 0 Å². The van der Waals surface area contributed by atoms with Crippen LogP contribution in [0.1, 0.15) is 29.5 Å². The molecule has 0 spiro atoms. The van der Waals surface area contributed by atoms with Gasteiger partial charge < -0.3 is 20.2 Å². The first-order valence-electron chi connectivity index (χ1n) is 6.87. The Kier molecular flexibility index (Phi) is 4.87. The lowest BCUT2D eigenvalue weighted by Crippen LogP contribution is -2.33. The van der Waals surface area contributed by atoms with Gasteiger partial charge in [0.1, 0.15) is 11.5 Å². The third kappa shape index (κ3) is 4.02. The Bertz CT molecular complexity index is 594. The van der Waals surface area contributed by atoms with Crippen molar-refractivity contribution in [2.24, 2.45) is 0 Å². The van der Waals surface area contributed by atoms with E-state index in [1.54, 1.807) is 31.6 Å². The number of nitrogens with one attached hydrogen (secondary N) is 1. The van der Waals surface area contributed by atoms with E-state index in [0.717, 1.165) is 18.6 Å². The predicted octanol–water partition coefficient (Wildman–Crippen LogP) is 2.62. The number of carbonyl (C=O) groups is 1. The van der Waals surface area contributed by atoms with E-state index in [2.05, 4.69) is 5.32 Å². The fourth-order valence-electron chi connectivity index (χ4n) is 2.05. The summed E-state index contributed by atoms with van der Waals surface area (Å²) >= 11 is 0. The molecule has 2 aromatic rings. The number of aryl methyl sites for hydroxylation is 1. The predicted molar refractivity (Wildman–Crippen MR) is 81.4 cm³/mol. The van der Waals surface area contributed by atoms with Crippen molar-refractivity contribution in [3.8, 4) is 5.75 Å². The van der Waals surface area contributed by atoms with Crippen molar-refractivity contribution >= 4 is 11.6 Å². The fraction of sp³-hybridized carbons (Fsp3) is 0.312. The first-order valence-corrected chi connectivity index (χ1v) is 6.87. The molecule has 0 aliphatic carbocycles. The minimum atomic E-state index is -0.196. The van der Waals surface area contributed by atoms with Crippen LogP contribution in [-0.4, -0.2) is 19.1 Å². The van der Waals surface area contributed by atoms with Crippen molar-refractivity contribution in [2.45, 2.75) is 25.8 Å². The van der Waals surface area contributed by atoms with Crippen molar-refractivity contribution in [3.63, 3.8) is 0 Å². The molecule has 0 radical (unpaired) electrons.